The number of nitro benzene ring substituents is 1. The van der Waals surface area contributed by atoms with Crippen molar-refractivity contribution in [2.75, 3.05) is 5.32 Å². The SMILES string of the molecule is CC1(C)CCCC(Nc2cc(C#N)ccc2[N+](=O)[O-])C1. The van der Waals surface area contributed by atoms with Gasteiger partial charge in [0.15, 0.2) is 0 Å². The van der Waals surface area contributed by atoms with Gasteiger partial charge in [-0.2, -0.15) is 5.26 Å². The highest BCUT2D eigenvalue weighted by molar-refractivity contribution is 5.64. The molecule has 5 heteroatoms. The number of benzene rings is 1. The Labute approximate surface area is 118 Å². The molecule has 106 valence electrons. The lowest BCUT2D eigenvalue weighted by molar-refractivity contribution is -0.384. The predicted molar refractivity (Wildman–Crippen MR) is 77.5 cm³/mol. The van der Waals surface area contributed by atoms with Gasteiger partial charge in [0, 0.05) is 12.1 Å². The van der Waals surface area contributed by atoms with E-state index in [1.165, 1.54) is 18.6 Å². The van der Waals surface area contributed by atoms with Crippen LogP contribution in [-0.2, 0) is 0 Å². The molecule has 1 aliphatic rings. The van der Waals surface area contributed by atoms with E-state index in [2.05, 4.69) is 19.2 Å². The molecule has 0 aromatic heterocycles. The third-order valence-corrected chi connectivity index (χ3v) is 3.89. The van der Waals surface area contributed by atoms with Crippen LogP contribution in [0.4, 0.5) is 11.4 Å². The minimum Gasteiger partial charge on any atom is -0.377 e. The first kappa shape index (κ1) is 14.3. The van der Waals surface area contributed by atoms with Crippen molar-refractivity contribution in [1.82, 2.24) is 0 Å². The number of hydrogen-bond donors (Lipinski definition) is 1. The molecule has 1 aliphatic carbocycles. The minimum absolute atomic E-state index is 0.0346. The van der Waals surface area contributed by atoms with E-state index in [-0.39, 0.29) is 17.1 Å². The van der Waals surface area contributed by atoms with Crippen LogP contribution in [0.3, 0.4) is 0 Å². The van der Waals surface area contributed by atoms with Crippen LogP contribution < -0.4 is 5.32 Å². The van der Waals surface area contributed by atoms with Gasteiger partial charge in [-0.3, -0.25) is 10.1 Å². The second kappa shape index (κ2) is 5.49. The molecule has 0 radical (unpaired) electrons. The molecule has 1 aromatic rings. The predicted octanol–water partition coefficient (Wildman–Crippen LogP) is 3.85. The molecule has 20 heavy (non-hydrogen) atoms. The molecule has 0 bridgehead atoms. The molecule has 0 aliphatic heterocycles. The summed E-state index contributed by atoms with van der Waals surface area (Å²) in [5, 5.41) is 23.3. The third-order valence-electron chi connectivity index (χ3n) is 3.89. The molecule has 1 aromatic carbocycles. The molecular weight excluding hydrogens is 254 g/mol. The minimum atomic E-state index is -0.405. The van der Waals surface area contributed by atoms with Crippen molar-refractivity contribution in [3.8, 4) is 6.07 Å². The van der Waals surface area contributed by atoms with Crippen LogP contribution in [0.1, 0.15) is 45.1 Å². The van der Waals surface area contributed by atoms with Crippen LogP contribution in [0.25, 0.3) is 0 Å². The first-order valence-electron chi connectivity index (χ1n) is 6.86. The number of nitriles is 1. The second-order valence-corrected chi connectivity index (χ2v) is 6.20. The Morgan fingerprint density at radius 2 is 2.25 bits per heavy atom. The largest absolute Gasteiger partial charge is 0.377 e. The highest BCUT2D eigenvalue weighted by Gasteiger charge is 2.29. The lowest BCUT2D eigenvalue weighted by Gasteiger charge is -2.35. The van der Waals surface area contributed by atoms with Crippen LogP contribution in [0.5, 0.6) is 0 Å². The quantitative estimate of drug-likeness (QED) is 0.670. The Bertz CT molecular complexity index is 561. The summed E-state index contributed by atoms with van der Waals surface area (Å²) >= 11 is 0. The number of rotatable bonds is 3. The summed E-state index contributed by atoms with van der Waals surface area (Å²) in [4.78, 5) is 10.7. The third kappa shape index (κ3) is 3.27. The topological polar surface area (TPSA) is 79.0 Å². The summed E-state index contributed by atoms with van der Waals surface area (Å²) in [5.41, 5.74) is 1.19. The first-order valence-corrected chi connectivity index (χ1v) is 6.86. The zero-order chi connectivity index (χ0) is 14.8. The summed E-state index contributed by atoms with van der Waals surface area (Å²) in [7, 11) is 0. The van der Waals surface area contributed by atoms with E-state index in [0.29, 0.717) is 11.3 Å². The van der Waals surface area contributed by atoms with E-state index in [1.54, 1.807) is 6.07 Å². The highest BCUT2D eigenvalue weighted by atomic mass is 16.6. The maximum Gasteiger partial charge on any atom is 0.292 e. The zero-order valence-electron chi connectivity index (χ0n) is 11.8. The normalized spacial score (nSPS) is 20.9. The monoisotopic (exact) mass is 273 g/mol. The van der Waals surface area contributed by atoms with Crippen molar-refractivity contribution in [3.63, 3.8) is 0 Å². The summed E-state index contributed by atoms with van der Waals surface area (Å²) in [5.74, 6) is 0. The first-order chi connectivity index (χ1) is 9.41. The molecule has 2 rings (SSSR count). The Kier molecular flexibility index (Phi) is 3.93. The van der Waals surface area contributed by atoms with Crippen LogP contribution in [0.15, 0.2) is 18.2 Å². The van der Waals surface area contributed by atoms with E-state index in [0.717, 1.165) is 19.3 Å². The molecule has 0 amide bonds. The van der Waals surface area contributed by atoms with Gasteiger partial charge >= 0.3 is 0 Å². The Morgan fingerprint density at radius 1 is 1.50 bits per heavy atom. The van der Waals surface area contributed by atoms with Gasteiger partial charge in [-0.25, -0.2) is 0 Å². The number of hydrogen-bond acceptors (Lipinski definition) is 4. The summed E-state index contributed by atoms with van der Waals surface area (Å²) in [6.45, 7) is 4.45. The van der Waals surface area contributed by atoms with E-state index in [9.17, 15) is 10.1 Å². The maximum absolute atomic E-state index is 11.1. The van der Waals surface area contributed by atoms with Crippen LogP contribution in [0, 0.1) is 26.9 Å². The highest BCUT2D eigenvalue weighted by Crippen LogP contribution is 2.37. The molecule has 1 N–H and O–H groups in total. The molecule has 0 heterocycles. The van der Waals surface area contributed by atoms with E-state index in [1.807, 2.05) is 6.07 Å². The molecule has 1 atom stereocenters. The van der Waals surface area contributed by atoms with Gasteiger partial charge in [0.1, 0.15) is 5.69 Å². The zero-order valence-corrected chi connectivity index (χ0v) is 11.8. The van der Waals surface area contributed by atoms with Crippen molar-refractivity contribution in [2.45, 2.75) is 45.6 Å². The van der Waals surface area contributed by atoms with Crippen molar-refractivity contribution in [2.24, 2.45) is 5.41 Å². The average molecular weight is 273 g/mol. The van der Waals surface area contributed by atoms with Gasteiger partial charge in [0.05, 0.1) is 16.6 Å². The average Bonchev–Trinajstić information content (AvgIpc) is 2.37. The fourth-order valence-corrected chi connectivity index (χ4v) is 2.92. The Morgan fingerprint density at radius 3 is 2.85 bits per heavy atom. The van der Waals surface area contributed by atoms with Gasteiger partial charge in [-0.15, -0.1) is 0 Å². The van der Waals surface area contributed by atoms with Crippen LogP contribution in [0.2, 0.25) is 0 Å². The lowest BCUT2D eigenvalue weighted by atomic mass is 9.75. The molecule has 1 unspecified atom stereocenters. The summed E-state index contributed by atoms with van der Waals surface area (Å²) in [6, 6.07) is 6.70. The van der Waals surface area contributed by atoms with Gasteiger partial charge in [-0.1, -0.05) is 20.3 Å². The smallest absolute Gasteiger partial charge is 0.292 e. The molecule has 5 nitrogen and oxygen atoms in total. The molecule has 0 saturated heterocycles. The van der Waals surface area contributed by atoms with Crippen LogP contribution in [-0.4, -0.2) is 11.0 Å². The van der Waals surface area contributed by atoms with E-state index < -0.39 is 4.92 Å². The maximum atomic E-state index is 11.1. The standard InChI is InChI=1S/C15H19N3O2/c1-15(2)7-3-4-12(9-15)17-13-8-11(10-16)5-6-14(13)18(19)20/h5-6,8,12,17H,3-4,7,9H2,1-2H3. The number of anilines is 1. The van der Waals surface area contributed by atoms with E-state index >= 15 is 0 Å². The molecule has 1 saturated carbocycles. The van der Waals surface area contributed by atoms with Gasteiger partial charge in [0.2, 0.25) is 0 Å². The number of nitrogens with one attached hydrogen (secondary N) is 1. The van der Waals surface area contributed by atoms with Crippen molar-refractivity contribution in [3.05, 3.63) is 33.9 Å². The van der Waals surface area contributed by atoms with Crippen molar-refractivity contribution < 1.29 is 4.92 Å². The molecular formula is C15H19N3O2. The molecule has 0 spiro atoms. The Hall–Kier alpha value is -2.09. The summed E-state index contributed by atoms with van der Waals surface area (Å²) in [6.07, 6.45) is 4.31. The van der Waals surface area contributed by atoms with Crippen molar-refractivity contribution in [1.29, 1.82) is 5.26 Å². The molecule has 1 fully saturated rings. The fourth-order valence-electron chi connectivity index (χ4n) is 2.92. The van der Waals surface area contributed by atoms with Gasteiger partial charge < -0.3 is 5.32 Å². The fraction of sp³-hybridized carbons (Fsp3) is 0.533. The van der Waals surface area contributed by atoms with Gasteiger partial charge in [0.25, 0.3) is 5.69 Å². The summed E-state index contributed by atoms with van der Waals surface area (Å²) < 4.78 is 0. The van der Waals surface area contributed by atoms with E-state index in [4.69, 9.17) is 5.26 Å². The Balaban J connectivity index is 2.23. The lowest BCUT2D eigenvalue weighted by Crippen LogP contribution is -2.31. The van der Waals surface area contributed by atoms with Crippen molar-refractivity contribution >= 4 is 11.4 Å². The number of nitrogens with zero attached hydrogens (tertiary/aromatic N) is 2. The number of nitro groups is 1. The van der Waals surface area contributed by atoms with Gasteiger partial charge in [-0.05, 0) is 36.8 Å². The second-order valence-electron chi connectivity index (χ2n) is 6.20. The van der Waals surface area contributed by atoms with Crippen LogP contribution >= 0.6 is 0 Å².